The quantitative estimate of drug-likeness (QED) is 0.349. The number of nitrogens with two attached hydrogens (primary N) is 1. The molecular weight excluding hydrogens is 457 g/mol. The molecule has 4 aromatic rings. The Balaban J connectivity index is 1.29. The second-order valence-electron chi connectivity index (χ2n) is 10.6. The molecule has 0 radical (unpaired) electrons. The van der Waals surface area contributed by atoms with Crippen molar-refractivity contribution in [2.75, 3.05) is 12.8 Å². The summed E-state index contributed by atoms with van der Waals surface area (Å²) < 4.78 is 19.4. The van der Waals surface area contributed by atoms with Gasteiger partial charge in [0.1, 0.15) is 17.4 Å². The molecule has 180 valence electrons. The first kappa shape index (κ1) is 21.3. The van der Waals surface area contributed by atoms with E-state index in [1.807, 2.05) is 24.3 Å². The first-order valence-corrected chi connectivity index (χ1v) is 12.2. The summed E-state index contributed by atoms with van der Waals surface area (Å²) in [5.74, 6) is 0.814. The summed E-state index contributed by atoms with van der Waals surface area (Å²) in [5, 5.41) is 3.13. The number of furan rings is 1. The number of hydrogen-bond donors (Lipinski definition) is 2. The van der Waals surface area contributed by atoms with Crippen molar-refractivity contribution in [3.05, 3.63) is 71.5 Å². The third kappa shape index (κ3) is 2.86. The van der Waals surface area contributed by atoms with Crippen LogP contribution in [0.3, 0.4) is 0 Å². The molecule has 3 atom stereocenters. The molecule has 0 aliphatic heterocycles. The third-order valence-corrected chi connectivity index (χ3v) is 8.72. The lowest BCUT2D eigenvalue weighted by atomic mass is 9.80. The van der Waals surface area contributed by atoms with E-state index < -0.39 is 0 Å². The average molecular weight is 482 g/mol. The van der Waals surface area contributed by atoms with E-state index in [2.05, 4.69) is 10.3 Å². The summed E-state index contributed by atoms with van der Waals surface area (Å²) >= 11 is 0. The molecule has 3 N–H and O–H groups in total. The van der Waals surface area contributed by atoms with Crippen LogP contribution in [0, 0.1) is 22.6 Å². The Morgan fingerprint density at radius 1 is 1.14 bits per heavy atom. The minimum absolute atomic E-state index is 0.166. The fourth-order valence-corrected chi connectivity index (χ4v) is 6.69. The van der Waals surface area contributed by atoms with Gasteiger partial charge in [0, 0.05) is 30.2 Å². The molecular formula is C29H24FN3O3. The number of amides is 1. The zero-order chi connectivity index (χ0) is 24.8. The Bertz CT molecular complexity index is 1600. The highest BCUT2D eigenvalue weighted by Crippen LogP contribution is 2.95. The van der Waals surface area contributed by atoms with E-state index in [1.54, 1.807) is 18.2 Å². The molecule has 6 nitrogen and oxygen atoms in total. The number of rotatable bonds is 6. The average Bonchev–Trinajstić information content (AvgIpc) is 3.55. The van der Waals surface area contributed by atoms with Crippen molar-refractivity contribution < 1.29 is 18.4 Å². The highest BCUT2D eigenvalue weighted by molar-refractivity contribution is 6.11. The van der Waals surface area contributed by atoms with Gasteiger partial charge in [-0.1, -0.05) is 18.2 Å². The number of ketones is 1. The number of anilines is 1. The third-order valence-electron chi connectivity index (χ3n) is 8.72. The number of carbonyl (C=O) groups excluding carboxylic acids is 2. The van der Waals surface area contributed by atoms with Gasteiger partial charge < -0.3 is 15.5 Å². The number of fused-ring (bicyclic) bond motifs is 1. The number of halogens is 1. The molecule has 36 heavy (non-hydrogen) atoms. The number of aromatic nitrogens is 1. The molecule has 2 aromatic carbocycles. The Kier molecular flexibility index (Phi) is 4.16. The van der Waals surface area contributed by atoms with Crippen LogP contribution in [0.5, 0.6) is 0 Å². The fourth-order valence-electron chi connectivity index (χ4n) is 6.69. The van der Waals surface area contributed by atoms with E-state index in [0.29, 0.717) is 39.5 Å². The van der Waals surface area contributed by atoms with Gasteiger partial charge in [-0.05, 0) is 78.0 Å². The molecule has 2 aromatic heterocycles. The Hall–Kier alpha value is -4.00. The minimum atomic E-state index is -0.388. The molecule has 7 rings (SSSR count). The lowest BCUT2D eigenvalue weighted by Crippen LogP contribution is -2.20. The van der Waals surface area contributed by atoms with E-state index >= 15 is 0 Å². The van der Waals surface area contributed by atoms with Crippen LogP contribution in [-0.2, 0) is 0 Å². The van der Waals surface area contributed by atoms with E-state index in [4.69, 9.17) is 10.2 Å². The van der Waals surface area contributed by atoms with Crippen molar-refractivity contribution >= 4 is 28.6 Å². The second-order valence-corrected chi connectivity index (χ2v) is 10.6. The first-order valence-electron chi connectivity index (χ1n) is 12.2. The van der Waals surface area contributed by atoms with Crippen LogP contribution in [-0.4, -0.2) is 23.7 Å². The maximum Gasteiger partial charge on any atom is 0.255 e. The van der Waals surface area contributed by atoms with Crippen LogP contribution >= 0.6 is 0 Å². The topological polar surface area (TPSA) is 98.2 Å². The largest absolute Gasteiger partial charge is 0.437 e. The molecule has 7 heteroatoms. The van der Waals surface area contributed by atoms with Crippen molar-refractivity contribution in [3.8, 4) is 22.5 Å². The Morgan fingerprint density at radius 3 is 2.61 bits per heavy atom. The summed E-state index contributed by atoms with van der Waals surface area (Å²) in [6.07, 6.45) is 4.33. The van der Waals surface area contributed by atoms with Crippen LogP contribution in [0.15, 0.2) is 59.0 Å². The van der Waals surface area contributed by atoms with Crippen molar-refractivity contribution in [3.63, 3.8) is 0 Å². The summed E-state index contributed by atoms with van der Waals surface area (Å²) in [4.78, 5) is 30.5. The minimum Gasteiger partial charge on any atom is -0.437 e. The summed E-state index contributed by atoms with van der Waals surface area (Å²) in [6, 6.07) is 14.9. The summed E-state index contributed by atoms with van der Waals surface area (Å²) in [5.41, 5.74) is 10.2. The van der Waals surface area contributed by atoms with Crippen LogP contribution in [0.2, 0.25) is 0 Å². The van der Waals surface area contributed by atoms with Gasteiger partial charge in [0.2, 0.25) is 5.71 Å². The van der Waals surface area contributed by atoms with Crippen molar-refractivity contribution in [1.29, 1.82) is 0 Å². The number of nitrogen functional groups attached to an aromatic ring is 1. The molecule has 3 aliphatic rings. The maximum atomic E-state index is 13.5. The molecule has 3 aliphatic carbocycles. The molecule has 1 spiro atoms. The zero-order valence-corrected chi connectivity index (χ0v) is 19.7. The highest BCUT2D eigenvalue weighted by atomic mass is 19.1. The number of pyridine rings is 1. The second kappa shape index (κ2) is 7.03. The van der Waals surface area contributed by atoms with Gasteiger partial charge in [-0.3, -0.25) is 9.59 Å². The van der Waals surface area contributed by atoms with Gasteiger partial charge in [-0.25, -0.2) is 4.39 Å². The van der Waals surface area contributed by atoms with Gasteiger partial charge in [0.15, 0.2) is 5.78 Å². The van der Waals surface area contributed by atoms with Gasteiger partial charge in [0.05, 0.1) is 10.9 Å². The molecule has 2 heterocycles. The van der Waals surface area contributed by atoms with E-state index in [0.717, 1.165) is 11.5 Å². The van der Waals surface area contributed by atoms with Gasteiger partial charge in [-0.2, -0.15) is 4.98 Å². The molecule has 3 fully saturated rings. The smallest absolute Gasteiger partial charge is 0.255 e. The fraction of sp³-hybridized carbons (Fsp3) is 0.276. The van der Waals surface area contributed by atoms with Crippen LogP contribution in [0.25, 0.3) is 33.6 Å². The summed E-state index contributed by atoms with van der Waals surface area (Å²) in [6.45, 7) is 0. The SMILES string of the molecule is CNC(=O)c1c(-c2ccc(F)cc2)oc2nc(N)c(-c3cccc(C(=O)CC45CC6CC64C5)c3)cc12. The molecule has 1 amide bonds. The number of hydrogen-bond acceptors (Lipinski definition) is 5. The van der Waals surface area contributed by atoms with Gasteiger partial charge >= 0.3 is 0 Å². The van der Waals surface area contributed by atoms with E-state index in [-0.39, 0.29) is 40.2 Å². The zero-order valence-electron chi connectivity index (χ0n) is 19.7. The summed E-state index contributed by atoms with van der Waals surface area (Å²) in [7, 11) is 1.53. The lowest BCUT2D eigenvalue weighted by molar-refractivity contribution is 0.0919. The number of Topliss-reactive ketones (excluding diaryl/α,β-unsaturated/α-hetero) is 1. The molecule has 0 saturated heterocycles. The standard InChI is InChI=1S/C29H24FN3O3/c1-32-26(35)23-21-10-20(25(31)33-27(21)36-24(23)15-5-7-19(30)8-6-15)16-3-2-4-17(9-16)22(34)13-28-11-18-12-29(18,28)14-28/h2-10,18H,11-14H2,1H3,(H2,31,33)(H,32,35). The van der Waals surface area contributed by atoms with Crippen LogP contribution in [0.4, 0.5) is 10.2 Å². The van der Waals surface area contributed by atoms with E-state index in [1.165, 1.54) is 38.4 Å². The molecule has 3 unspecified atom stereocenters. The maximum absolute atomic E-state index is 13.5. The normalized spacial score (nSPS) is 25.0. The number of nitrogens with one attached hydrogen (secondary N) is 1. The first-order chi connectivity index (χ1) is 17.3. The van der Waals surface area contributed by atoms with Gasteiger partial charge in [0.25, 0.3) is 5.91 Å². The molecule has 0 bridgehead atoms. The van der Waals surface area contributed by atoms with Crippen LogP contribution in [0.1, 0.15) is 46.4 Å². The predicted molar refractivity (Wildman–Crippen MR) is 134 cm³/mol. The van der Waals surface area contributed by atoms with Crippen LogP contribution < -0.4 is 11.1 Å². The molecule has 3 saturated carbocycles. The van der Waals surface area contributed by atoms with Crippen molar-refractivity contribution in [1.82, 2.24) is 10.3 Å². The van der Waals surface area contributed by atoms with Crippen molar-refractivity contribution in [2.45, 2.75) is 25.7 Å². The Labute approximate surface area is 206 Å². The highest BCUT2D eigenvalue weighted by Gasteiger charge is 2.88. The Morgan fingerprint density at radius 2 is 1.94 bits per heavy atom. The number of benzene rings is 2. The monoisotopic (exact) mass is 481 g/mol. The number of carbonyl (C=O) groups is 2. The van der Waals surface area contributed by atoms with Crippen molar-refractivity contribution in [2.24, 2.45) is 16.7 Å². The lowest BCUT2D eigenvalue weighted by Gasteiger charge is -2.23. The predicted octanol–water partition coefficient (Wildman–Crippen LogP) is 5.62. The van der Waals surface area contributed by atoms with Gasteiger partial charge in [-0.15, -0.1) is 0 Å². The number of nitrogens with zero attached hydrogens (tertiary/aromatic N) is 1. The van der Waals surface area contributed by atoms with E-state index in [9.17, 15) is 14.0 Å².